The molecule has 5 aliphatic carbocycles. The summed E-state index contributed by atoms with van der Waals surface area (Å²) >= 11 is 0.919. The van der Waals surface area contributed by atoms with E-state index in [1.54, 1.807) is 6.07 Å². The Balaban J connectivity index is 1.12. The number of hydrogen-bond acceptors (Lipinski definition) is 9. The minimum Gasteiger partial charge on any atom is -0.353 e. The van der Waals surface area contributed by atoms with Gasteiger partial charge in [-0.15, -0.1) is 5.10 Å². The van der Waals surface area contributed by atoms with Gasteiger partial charge in [-0.1, -0.05) is 4.49 Å². The Bertz CT molecular complexity index is 1500. The summed E-state index contributed by atoms with van der Waals surface area (Å²) in [6.07, 6.45) is 8.77. The number of hydrogen-bond donors (Lipinski definition) is 4. The van der Waals surface area contributed by atoms with Gasteiger partial charge in [0.1, 0.15) is 23.2 Å². The number of ketones is 1. The molecule has 0 saturated heterocycles. The second-order valence-corrected chi connectivity index (χ2v) is 13.5. The number of anilines is 1. The maximum Gasteiger partial charge on any atom is 0.287 e. The van der Waals surface area contributed by atoms with Crippen molar-refractivity contribution in [2.75, 3.05) is 12.4 Å². The average molecular weight is 624 g/mol. The molecule has 234 valence electrons. The van der Waals surface area contributed by atoms with E-state index in [-0.39, 0.29) is 47.8 Å². The van der Waals surface area contributed by atoms with Crippen molar-refractivity contribution in [2.24, 2.45) is 23.7 Å². The monoisotopic (exact) mass is 623 g/mol. The van der Waals surface area contributed by atoms with Gasteiger partial charge >= 0.3 is 0 Å². The fraction of sp³-hybridized carbons (Fsp3) is 0.600. The molecule has 1 atom stereocenters. The molecular weight excluding hydrogens is 586 g/mol. The van der Waals surface area contributed by atoms with Crippen LogP contribution < -0.4 is 26.8 Å². The van der Waals surface area contributed by atoms with Crippen molar-refractivity contribution in [2.45, 2.75) is 82.3 Å². The van der Waals surface area contributed by atoms with Gasteiger partial charge in [-0.3, -0.25) is 28.8 Å². The highest BCUT2D eigenvalue weighted by Crippen LogP contribution is 2.53. The van der Waals surface area contributed by atoms with Crippen molar-refractivity contribution in [1.82, 2.24) is 30.1 Å². The molecule has 2 aromatic rings. The predicted molar refractivity (Wildman–Crippen MR) is 160 cm³/mol. The molecule has 4 N–H and O–H groups in total. The first-order chi connectivity index (χ1) is 21.2. The van der Waals surface area contributed by atoms with Crippen molar-refractivity contribution in [1.29, 1.82) is 0 Å². The Kier molecular flexibility index (Phi) is 8.61. The van der Waals surface area contributed by atoms with E-state index in [9.17, 15) is 28.8 Å². The molecule has 5 aliphatic rings. The number of carbonyl (C=O) groups is 5. The first-order valence-corrected chi connectivity index (χ1v) is 16.1. The number of amides is 4. The quantitative estimate of drug-likeness (QED) is 0.256. The van der Waals surface area contributed by atoms with Gasteiger partial charge < -0.3 is 25.8 Å². The standard InChI is InChI=1S/C30H37N7O6S/c1-31-28(41)22(38)7-6-20(32-29(42)26-25(17-4-5-17)35-36-44-26)27(40)33-21-3-2-8-37(30(21)43)14-23(39)34-24-18-10-15-9-16(12-18)13-19(24)11-15/h2-3,8,15-20,24H,4-7,9-14H2,1H3,(H,31,41)(H,32,42)(H,33,40)(H,34,39)/t15?,16?,18?,19?,20-,24?/m0/s1. The van der Waals surface area contributed by atoms with E-state index >= 15 is 0 Å². The van der Waals surface area contributed by atoms with E-state index in [2.05, 4.69) is 30.9 Å². The van der Waals surface area contributed by atoms with Crippen LogP contribution >= 0.6 is 11.5 Å². The second-order valence-electron chi connectivity index (χ2n) is 12.7. The molecular formula is C30H37N7O6S. The number of aromatic nitrogens is 3. The topological polar surface area (TPSA) is 181 Å². The summed E-state index contributed by atoms with van der Waals surface area (Å²) in [7, 11) is 1.33. The first-order valence-electron chi connectivity index (χ1n) is 15.4. The Labute approximate surface area is 258 Å². The van der Waals surface area contributed by atoms with E-state index < -0.39 is 35.1 Å². The fourth-order valence-electron chi connectivity index (χ4n) is 7.52. The van der Waals surface area contributed by atoms with Crippen LogP contribution in [0, 0.1) is 23.7 Å². The van der Waals surface area contributed by atoms with Crippen molar-refractivity contribution in [3.05, 3.63) is 39.3 Å². The zero-order valence-corrected chi connectivity index (χ0v) is 25.4. The summed E-state index contributed by atoms with van der Waals surface area (Å²) in [4.78, 5) is 77.1. The van der Waals surface area contributed by atoms with Crippen LogP contribution in [0.25, 0.3) is 0 Å². The molecule has 0 spiro atoms. The maximum absolute atomic E-state index is 13.4. The predicted octanol–water partition coefficient (Wildman–Crippen LogP) is 1.35. The van der Waals surface area contributed by atoms with Gasteiger partial charge in [-0.2, -0.15) is 0 Å². The summed E-state index contributed by atoms with van der Waals surface area (Å²) in [5.74, 6) is -0.382. The Morgan fingerprint density at radius 3 is 2.41 bits per heavy atom. The van der Waals surface area contributed by atoms with Gasteiger partial charge in [0.05, 0.1) is 5.69 Å². The molecule has 44 heavy (non-hydrogen) atoms. The van der Waals surface area contributed by atoms with Crippen LogP contribution in [-0.4, -0.2) is 62.7 Å². The lowest BCUT2D eigenvalue weighted by Gasteiger charge is -2.54. The number of Topliss-reactive ketones (excluding diaryl/α,β-unsaturated/α-hetero) is 1. The Hall–Kier alpha value is -3.94. The molecule has 4 amide bonds. The number of carbonyl (C=O) groups excluding carboxylic acids is 5. The molecule has 13 nitrogen and oxygen atoms in total. The minimum atomic E-state index is -1.24. The Morgan fingerprint density at radius 1 is 1.05 bits per heavy atom. The molecule has 0 aromatic carbocycles. The third-order valence-corrected chi connectivity index (χ3v) is 10.3. The molecule has 7 rings (SSSR count). The maximum atomic E-state index is 13.4. The molecule has 5 saturated carbocycles. The molecule has 14 heteroatoms. The van der Waals surface area contributed by atoms with Crippen molar-refractivity contribution in [3.63, 3.8) is 0 Å². The highest BCUT2D eigenvalue weighted by Gasteiger charge is 2.48. The smallest absolute Gasteiger partial charge is 0.287 e. The molecule has 0 unspecified atom stereocenters. The minimum absolute atomic E-state index is 0.0741. The summed E-state index contributed by atoms with van der Waals surface area (Å²) in [5.41, 5.74) is -0.0730. The van der Waals surface area contributed by atoms with Gasteiger partial charge in [-0.05, 0) is 98.7 Å². The van der Waals surface area contributed by atoms with Gasteiger partial charge in [-0.25, -0.2) is 0 Å². The van der Waals surface area contributed by atoms with Gasteiger partial charge in [0.25, 0.3) is 17.4 Å². The molecule has 2 heterocycles. The number of nitrogens with one attached hydrogen (secondary N) is 4. The molecule has 4 bridgehead atoms. The third kappa shape index (κ3) is 6.44. The van der Waals surface area contributed by atoms with Crippen LogP contribution in [-0.2, 0) is 25.7 Å². The largest absolute Gasteiger partial charge is 0.353 e. The number of nitrogens with zero attached hydrogens (tertiary/aromatic N) is 3. The van der Waals surface area contributed by atoms with E-state index in [0.29, 0.717) is 17.5 Å². The highest BCUT2D eigenvalue weighted by atomic mass is 32.1. The summed E-state index contributed by atoms with van der Waals surface area (Å²) in [5, 5.41) is 14.7. The third-order valence-electron chi connectivity index (χ3n) is 9.59. The first kappa shape index (κ1) is 30.1. The average Bonchev–Trinajstić information content (AvgIpc) is 3.73. The van der Waals surface area contributed by atoms with Crippen molar-refractivity contribution in [3.8, 4) is 0 Å². The van der Waals surface area contributed by atoms with Crippen LogP contribution in [0.4, 0.5) is 5.69 Å². The number of likely N-dealkylation sites (N-methyl/N-ethyl adjacent to an activating group) is 1. The van der Waals surface area contributed by atoms with Gasteiger partial charge in [0, 0.05) is 31.6 Å². The van der Waals surface area contributed by atoms with Gasteiger partial charge in [0.2, 0.25) is 17.6 Å². The molecule has 0 radical (unpaired) electrons. The molecule has 0 aliphatic heterocycles. The number of rotatable bonds is 12. The summed E-state index contributed by atoms with van der Waals surface area (Å²) in [6, 6.07) is 1.88. The van der Waals surface area contributed by atoms with E-state index in [1.165, 1.54) is 30.3 Å². The lowest BCUT2D eigenvalue weighted by molar-refractivity contribution is -0.137. The van der Waals surface area contributed by atoms with Crippen LogP contribution in [0.5, 0.6) is 0 Å². The fourth-order valence-corrected chi connectivity index (χ4v) is 8.18. The van der Waals surface area contributed by atoms with Gasteiger partial charge in [0.15, 0.2) is 0 Å². The lowest BCUT2D eigenvalue weighted by Crippen LogP contribution is -2.56. The van der Waals surface area contributed by atoms with Crippen LogP contribution in [0.15, 0.2) is 23.1 Å². The van der Waals surface area contributed by atoms with Crippen LogP contribution in [0.3, 0.4) is 0 Å². The highest BCUT2D eigenvalue weighted by molar-refractivity contribution is 7.08. The van der Waals surface area contributed by atoms with Crippen molar-refractivity contribution >= 4 is 46.6 Å². The van der Waals surface area contributed by atoms with Crippen molar-refractivity contribution < 1.29 is 24.0 Å². The summed E-state index contributed by atoms with van der Waals surface area (Å²) in [6.45, 7) is -0.186. The normalized spacial score (nSPS) is 25.6. The molecule has 5 fully saturated rings. The number of pyridine rings is 1. The lowest BCUT2D eigenvalue weighted by atomic mass is 9.54. The summed E-state index contributed by atoms with van der Waals surface area (Å²) < 4.78 is 5.13. The molecule has 2 aromatic heterocycles. The zero-order chi connectivity index (χ0) is 31.0. The van der Waals surface area contributed by atoms with Crippen LogP contribution in [0.1, 0.15) is 79.1 Å². The van der Waals surface area contributed by atoms with Crippen LogP contribution in [0.2, 0.25) is 0 Å². The van der Waals surface area contributed by atoms with E-state index in [4.69, 9.17) is 0 Å². The zero-order valence-electron chi connectivity index (χ0n) is 24.5. The Morgan fingerprint density at radius 2 is 1.75 bits per heavy atom. The SMILES string of the molecule is CNC(=O)C(=O)CC[C@H](NC(=O)c1snnc1C1CC1)C(=O)Nc1cccn(CC(=O)NC2C3CC4CC(C3)CC2C4)c1=O. The van der Waals surface area contributed by atoms with E-state index in [1.807, 2.05) is 0 Å². The van der Waals surface area contributed by atoms with E-state index in [0.717, 1.165) is 61.9 Å². The second kappa shape index (κ2) is 12.6.